The van der Waals surface area contributed by atoms with Gasteiger partial charge in [-0.2, -0.15) is 18.2 Å². The molecule has 2 aromatic heterocycles. The lowest BCUT2D eigenvalue weighted by Crippen LogP contribution is -2.23. The molecule has 0 saturated carbocycles. The van der Waals surface area contributed by atoms with Crippen molar-refractivity contribution in [3.8, 4) is 34.0 Å². The number of aryl methyl sites for hydroxylation is 2. The van der Waals surface area contributed by atoms with Crippen molar-refractivity contribution in [3.63, 3.8) is 0 Å². The summed E-state index contributed by atoms with van der Waals surface area (Å²) in [5.74, 6) is -0.226. The van der Waals surface area contributed by atoms with Gasteiger partial charge in [0.05, 0.1) is 16.3 Å². The molecule has 0 spiro atoms. The van der Waals surface area contributed by atoms with E-state index in [1.807, 2.05) is 0 Å². The van der Waals surface area contributed by atoms with E-state index in [0.29, 0.717) is 34.7 Å². The molecule has 4 aromatic rings. The van der Waals surface area contributed by atoms with Crippen LogP contribution in [0.3, 0.4) is 0 Å². The van der Waals surface area contributed by atoms with Crippen LogP contribution in [0.1, 0.15) is 50.4 Å². The Bertz CT molecular complexity index is 1490. The fraction of sp³-hybridized carbons (Fsp3) is 0.310. The third kappa shape index (κ3) is 7.03. The zero-order valence-electron chi connectivity index (χ0n) is 21.9. The molecular weight excluding hydrogens is 531 g/mol. The fourth-order valence-electron chi connectivity index (χ4n) is 4.04. The molecule has 0 bridgehead atoms. The Morgan fingerprint density at radius 1 is 1.03 bits per heavy atom. The molecule has 39 heavy (non-hydrogen) atoms. The summed E-state index contributed by atoms with van der Waals surface area (Å²) in [6.07, 6.45) is -1.89. The van der Waals surface area contributed by atoms with E-state index >= 15 is 0 Å². The van der Waals surface area contributed by atoms with Crippen molar-refractivity contribution in [2.75, 3.05) is 0 Å². The minimum atomic E-state index is -4.59. The van der Waals surface area contributed by atoms with Gasteiger partial charge in [0.2, 0.25) is 5.82 Å². The number of pyridine rings is 1. The summed E-state index contributed by atoms with van der Waals surface area (Å²) in [6, 6.07) is 12.4. The molecule has 0 aliphatic rings. The van der Waals surface area contributed by atoms with E-state index in [1.165, 1.54) is 18.3 Å². The molecule has 0 aliphatic carbocycles. The van der Waals surface area contributed by atoms with Gasteiger partial charge in [0.15, 0.2) is 0 Å². The lowest BCUT2D eigenvalue weighted by molar-refractivity contribution is -0.154. The Labute approximate surface area is 229 Å². The maximum atomic E-state index is 14.0. The van der Waals surface area contributed by atoms with Gasteiger partial charge < -0.3 is 9.26 Å². The summed E-state index contributed by atoms with van der Waals surface area (Å²) in [6.45, 7) is 7.18. The van der Waals surface area contributed by atoms with E-state index in [-0.39, 0.29) is 35.2 Å². The van der Waals surface area contributed by atoms with Gasteiger partial charge in [-0.1, -0.05) is 47.1 Å². The van der Waals surface area contributed by atoms with Gasteiger partial charge in [-0.15, -0.1) is 0 Å². The number of rotatable bonds is 7. The van der Waals surface area contributed by atoms with Crippen LogP contribution in [0.2, 0.25) is 5.02 Å². The summed E-state index contributed by atoms with van der Waals surface area (Å²) in [5.41, 5.74) is 1.12. The number of nitrogens with zero attached hydrogens (tertiary/aromatic N) is 3. The Hall–Kier alpha value is -3.72. The van der Waals surface area contributed by atoms with Crippen molar-refractivity contribution < 1.29 is 27.2 Å². The summed E-state index contributed by atoms with van der Waals surface area (Å²) >= 11 is 6.39. The molecule has 4 rings (SSSR count). The predicted octanol–water partition coefficient (Wildman–Crippen LogP) is 8.11. The van der Waals surface area contributed by atoms with Crippen LogP contribution in [0, 0.1) is 6.92 Å². The average molecular weight is 558 g/mol. The highest BCUT2D eigenvalue weighted by atomic mass is 35.5. The second-order valence-corrected chi connectivity index (χ2v) is 10.5. The van der Waals surface area contributed by atoms with Crippen molar-refractivity contribution in [2.24, 2.45) is 0 Å². The quantitative estimate of drug-likeness (QED) is 0.214. The van der Waals surface area contributed by atoms with Crippen LogP contribution in [0.15, 0.2) is 59.3 Å². The molecule has 2 aromatic carbocycles. The van der Waals surface area contributed by atoms with Crippen molar-refractivity contribution in [1.29, 1.82) is 0 Å². The van der Waals surface area contributed by atoms with E-state index in [4.69, 9.17) is 20.9 Å². The SMILES string of the molecule is Cc1ccccc1-c1ccc(-c2nc(-c3cnc(CCCC(=O)OC(C)(C)C)c(Cl)c3)no2)cc1C(F)(F)F. The van der Waals surface area contributed by atoms with Gasteiger partial charge in [0.25, 0.3) is 5.89 Å². The number of aromatic nitrogens is 3. The van der Waals surface area contributed by atoms with Crippen molar-refractivity contribution >= 4 is 17.6 Å². The zero-order chi connectivity index (χ0) is 28.4. The standard InChI is InChI=1S/C29H27ClF3N3O3/c1-17-8-5-6-9-20(17)21-13-12-18(14-22(21)29(31,32)33)27-35-26(36-39-27)19-15-23(30)24(34-16-19)10-7-11-25(37)38-28(2,3)4/h5-6,8-9,12-16H,7,10-11H2,1-4H3. The van der Waals surface area contributed by atoms with Crippen LogP contribution in [0.5, 0.6) is 0 Å². The number of carbonyl (C=O) groups is 1. The maximum absolute atomic E-state index is 14.0. The Balaban J connectivity index is 1.53. The molecular formula is C29H27ClF3N3O3. The summed E-state index contributed by atoms with van der Waals surface area (Å²) in [4.78, 5) is 20.5. The second kappa shape index (κ2) is 11.2. The highest BCUT2D eigenvalue weighted by molar-refractivity contribution is 6.31. The summed E-state index contributed by atoms with van der Waals surface area (Å²) in [7, 11) is 0. The molecule has 204 valence electrons. The Morgan fingerprint density at radius 2 is 1.77 bits per heavy atom. The van der Waals surface area contributed by atoms with Crippen molar-refractivity contribution in [2.45, 2.75) is 58.7 Å². The zero-order valence-corrected chi connectivity index (χ0v) is 22.7. The molecule has 0 amide bonds. The number of carbonyl (C=O) groups excluding carboxylic acids is 1. The third-order valence-electron chi connectivity index (χ3n) is 5.82. The second-order valence-electron chi connectivity index (χ2n) is 10.1. The first-order valence-electron chi connectivity index (χ1n) is 12.3. The van der Waals surface area contributed by atoms with Gasteiger partial charge in [0, 0.05) is 23.7 Å². The summed E-state index contributed by atoms with van der Waals surface area (Å²) < 4.78 is 52.6. The van der Waals surface area contributed by atoms with E-state index in [2.05, 4.69) is 15.1 Å². The van der Waals surface area contributed by atoms with Crippen LogP contribution in [0.4, 0.5) is 13.2 Å². The van der Waals surface area contributed by atoms with Gasteiger partial charge in [-0.25, -0.2) is 0 Å². The molecule has 2 heterocycles. The topological polar surface area (TPSA) is 78.1 Å². The molecule has 0 unspecified atom stereocenters. The monoisotopic (exact) mass is 557 g/mol. The Morgan fingerprint density at radius 3 is 2.44 bits per heavy atom. The lowest BCUT2D eigenvalue weighted by Gasteiger charge is -2.19. The molecule has 0 aliphatic heterocycles. The van der Waals surface area contributed by atoms with Gasteiger partial charge in [0.1, 0.15) is 5.60 Å². The normalized spacial score (nSPS) is 12.0. The van der Waals surface area contributed by atoms with E-state index < -0.39 is 17.3 Å². The summed E-state index contributed by atoms with van der Waals surface area (Å²) in [5, 5.41) is 4.26. The highest BCUT2D eigenvalue weighted by Crippen LogP contribution is 2.40. The van der Waals surface area contributed by atoms with E-state index in [9.17, 15) is 18.0 Å². The lowest BCUT2D eigenvalue weighted by atomic mass is 9.94. The van der Waals surface area contributed by atoms with Crippen LogP contribution in [-0.4, -0.2) is 26.7 Å². The van der Waals surface area contributed by atoms with Crippen molar-refractivity contribution in [3.05, 3.63) is 76.6 Å². The van der Waals surface area contributed by atoms with Crippen LogP contribution >= 0.6 is 11.6 Å². The number of hydrogen-bond donors (Lipinski definition) is 0. The van der Waals surface area contributed by atoms with Crippen molar-refractivity contribution in [1.82, 2.24) is 15.1 Å². The Kier molecular flexibility index (Phi) is 8.11. The predicted molar refractivity (Wildman–Crippen MR) is 142 cm³/mol. The molecule has 6 nitrogen and oxygen atoms in total. The van der Waals surface area contributed by atoms with Crippen LogP contribution in [0.25, 0.3) is 34.0 Å². The first kappa shape index (κ1) is 28.3. The van der Waals surface area contributed by atoms with E-state index in [0.717, 1.165) is 11.6 Å². The number of benzene rings is 2. The first-order valence-corrected chi connectivity index (χ1v) is 12.7. The average Bonchev–Trinajstić information content (AvgIpc) is 3.34. The molecule has 10 heteroatoms. The highest BCUT2D eigenvalue weighted by Gasteiger charge is 2.35. The molecule has 0 fully saturated rings. The number of alkyl halides is 3. The van der Waals surface area contributed by atoms with Gasteiger partial charge >= 0.3 is 12.1 Å². The van der Waals surface area contributed by atoms with Crippen LogP contribution < -0.4 is 0 Å². The molecule has 0 radical (unpaired) electrons. The van der Waals surface area contributed by atoms with E-state index in [1.54, 1.807) is 58.0 Å². The number of hydrogen-bond acceptors (Lipinski definition) is 6. The first-order chi connectivity index (χ1) is 18.3. The van der Waals surface area contributed by atoms with Gasteiger partial charge in [-0.3, -0.25) is 9.78 Å². The molecule has 0 N–H and O–H groups in total. The van der Waals surface area contributed by atoms with Gasteiger partial charge in [-0.05, 0) is 75.4 Å². The number of esters is 1. The number of halogens is 4. The maximum Gasteiger partial charge on any atom is 0.417 e. The minimum absolute atomic E-state index is 0.0654. The van der Waals surface area contributed by atoms with Crippen LogP contribution in [-0.2, 0) is 22.1 Å². The number of ether oxygens (including phenoxy) is 1. The molecule has 0 saturated heterocycles. The molecule has 0 atom stereocenters. The minimum Gasteiger partial charge on any atom is -0.460 e. The largest absolute Gasteiger partial charge is 0.460 e. The third-order valence-corrected chi connectivity index (χ3v) is 6.15. The smallest absolute Gasteiger partial charge is 0.417 e. The fourth-order valence-corrected chi connectivity index (χ4v) is 4.31.